The van der Waals surface area contributed by atoms with E-state index in [1.807, 2.05) is 7.05 Å². The molecule has 2 bridgehead atoms. The Morgan fingerprint density at radius 1 is 1.12 bits per heavy atom. The molecule has 4 N–H and O–H groups in total. The maximum Gasteiger partial charge on any atom is 0.307 e. The van der Waals surface area contributed by atoms with Crippen LogP contribution >= 0.6 is 0 Å². The van der Waals surface area contributed by atoms with Crippen molar-refractivity contribution in [3.63, 3.8) is 0 Å². The van der Waals surface area contributed by atoms with E-state index in [4.69, 9.17) is 15.2 Å². The first-order valence-corrected chi connectivity index (χ1v) is 19.3. The third-order valence-electron chi connectivity index (χ3n) is 16.6. The molecule has 0 spiro atoms. The second-order valence-corrected chi connectivity index (χ2v) is 19.1. The van der Waals surface area contributed by atoms with Crippen molar-refractivity contribution in [2.45, 2.75) is 125 Å². The van der Waals surface area contributed by atoms with Crippen molar-refractivity contribution in [1.82, 2.24) is 20.1 Å². The molecule has 0 radical (unpaired) electrons. The second kappa shape index (κ2) is 12.4. The van der Waals surface area contributed by atoms with E-state index in [0.717, 1.165) is 32.1 Å². The van der Waals surface area contributed by atoms with E-state index in [2.05, 4.69) is 90.7 Å². The van der Waals surface area contributed by atoms with Crippen LogP contribution < -0.4 is 11.1 Å². The number of carbonyl (C=O) groups is 2. The van der Waals surface area contributed by atoms with Crippen molar-refractivity contribution in [2.24, 2.45) is 68.3 Å². The van der Waals surface area contributed by atoms with Crippen LogP contribution in [0.15, 0.2) is 18.0 Å². The SMILES string of the molecule is CN[C@@](C)(CO[C@H]1[C@H](n2ncnc2C(N)=O)C[C@@]23COC[C@@]1(C)[C@@H]2CC[C@H]1C3=CC[C@@]2(C)[C@H](C(=O)O)[C@@](C)([C@H](C)C(C)C)CC[C@]12C)C(C)C. The van der Waals surface area contributed by atoms with Gasteiger partial charge in [-0.3, -0.25) is 9.59 Å². The van der Waals surface area contributed by atoms with Crippen molar-refractivity contribution in [2.75, 3.05) is 26.9 Å². The summed E-state index contributed by atoms with van der Waals surface area (Å²) in [6, 6.07) is -0.285. The molecule has 1 aromatic rings. The van der Waals surface area contributed by atoms with Gasteiger partial charge in [0.1, 0.15) is 6.33 Å². The Hall–Kier alpha value is -2.30. The molecule has 10 heteroatoms. The van der Waals surface area contributed by atoms with Gasteiger partial charge in [-0.05, 0) is 98.3 Å². The van der Waals surface area contributed by atoms with Crippen LogP contribution in [0.1, 0.15) is 124 Å². The molecule has 12 atom stereocenters. The quantitative estimate of drug-likeness (QED) is 0.235. The molecule has 50 heavy (non-hydrogen) atoms. The Bertz CT molecular complexity index is 1520. The molecule has 1 aromatic heterocycles. The van der Waals surface area contributed by atoms with E-state index in [-0.39, 0.29) is 57.0 Å². The number of amides is 1. The van der Waals surface area contributed by atoms with Crippen LogP contribution in [-0.4, -0.2) is 70.3 Å². The number of rotatable bonds is 10. The highest BCUT2D eigenvalue weighted by atomic mass is 16.5. The number of carboxylic acids is 1. The smallest absolute Gasteiger partial charge is 0.307 e. The molecule has 0 unspecified atom stereocenters. The molecule has 1 aliphatic heterocycles. The summed E-state index contributed by atoms with van der Waals surface area (Å²) in [6.07, 6.45) is 8.97. The number of aliphatic carboxylic acids is 1. The van der Waals surface area contributed by atoms with Crippen molar-refractivity contribution in [1.29, 1.82) is 0 Å². The Morgan fingerprint density at radius 3 is 2.42 bits per heavy atom. The van der Waals surface area contributed by atoms with Gasteiger partial charge in [-0.1, -0.05) is 74.0 Å². The van der Waals surface area contributed by atoms with Gasteiger partial charge < -0.3 is 25.6 Å². The van der Waals surface area contributed by atoms with Crippen molar-refractivity contribution < 1.29 is 24.2 Å². The first-order valence-electron chi connectivity index (χ1n) is 19.3. The zero-order valence-corrected chi connectivity index (χ0v) is 32.6. The highest BCUT2D eigenvalue weighted by Crippen LogP contribution is 2.75. The summed E-state index contributed by atoms with van der Waals surface area (Å²) in [5.41, 5.74) is 5.53. The lowest BCUT2D eigenvalue weighted by molar-refractivity contribution is -0.253. The minimum Gasteiger partial charge on any atom is -0.481 e. The molecule has 6 rings (SSSR count). The van der Waals surface area contributed by atoms with Gasteiger partial charge in [-0.15, -0.1) is 0 Å². The average molecular weight is 696 g/mol. The van der Waals surface area contributed by atoms with Gasteiger partial charge >= 0.3 is 5.97 Å². The normalized spacial score (nSPS) is 42.9. The predicted molar refractivity (Wildman–Crippen MR) is 193 cm³/mol. The van der Waals surface area contributed by atoms with E-state index < -0.39 is 23.2 Å². The molecule has 4 aliphatic carbocycles. The number of nitrogens with two attached hydrogens (primary N) is 1. The number of nitrogens with zero attached hydrogens (tertiary/aromatic N) is 3. The highest BCUT2D eigenvalue weighted by Gasteiger charge is 2.72. The van der Waals surface area contributed by atoms with E-state index in [0.29, 0.717) is 44.0 Å². The first-order chi connectivity index (χ1) is 23.3. The fraction of sp³-hybridized carbons (Fsp3) is 0.850. The molecular weight excluding hydrogens is 630 g/mol. The van der Waals surface area contributed by atoms with Crippen molar-refractivity contribution in [3.8, 4) is 0 Å². The van der Waals surface area contributed by atoms with E-state index in [1.165, 1.54) is 11.9 Å². The van der Waals surface area contributed by atoms with Crippen LogP contribution in [0.4, 0.5) is 0 Å². The number of carbonyl (C=O) groups excluding carboxylic acids is 1. The zero-order valence-electron chi connectivity index (χ0n) is 32.6. The molecule has 5 aliphatic rings. The minimum absolute atomic E-state index is 0.154. The lowest BCUT2D eigenvalue weighted by Gasteiger charge is -2.71. The maximum atomic E-state index is 13.5. The molecule has 0 aromatic carbocycles. The topological polar surface area (TPSA) is 142 Å². The summed E-state index contributed by atoms with van der Waals surface area (Å²) >= 11 is 0. The summed E-state index contributed by atoms with van der Waals surface area (Å²) in [4.78, 5) is 30.6. The van der Waals surface area contributed by atoms with E-state index >= 15 is 0 Å². The molecule has 3 saturated carbocycles. The lowest BCUT2D eigenvalue weighted by atomic mass is 9.34. The van der Waals surface area contributed by atoms with Crippen LogP contribution in [0.2, 0.25) is 0 Å². The lowest BCUT2D eigenvalue weighted by Crippen LogP contribution is -2.69. The van der Waals surface area contributed by atoms with Crippen molar-refractivity contribution in [3.05, 3.63) is 23.8 Å². The summed E-state index contributed by atoms with van der Waals surface area (Å²) in [5.74, 6) is 0.00819. The van der Waals surface area contributed by atoms with Crippen LogP contribution in [0.5, 0.6) is 0 Å². The fourth-order valence-corrected chi connectivity index (χ4v) is 12.6. The molecule has 1 saturated heterocycles. The van der Waals surface area contributed by atoms with Gasteiger partial charge in [0.25, 0.3) is 5.91 Å². The van der Waals surface area contributed by atoms with Crippen molar-refractivity contribution >= 4 is 11.9 Å². The minimum atomic E-state index is -0.649. The van der Waals surface area contributed by atoms with Crippen LogP contribution in [0.3, 0.4) is 0 Å². The molecule has 4 fully saturated rings. The molecule has 2 heterocycles. The molecule has 1 amide bonds. The van der Waals surface area contributed by atoms with Crippen LogP contribution in [-0.2, 0) is 14.3 Å². The molecule has 10 nitrogen and oxygen atoms in total. The number of ether oxygens (including phenoxy) is 2. The highest BCUT2D eigenvalue weighted by molar-refractivity contribution is 5.89. The van der Waals surface area contributed by atoms with Gasteiger partial charge in [-0.25, -0.2) is 9.67 Å². The number of aromatic nitrogens is 3. The van der Waals surface area contributed by atoms with E-state index in [1.54, 1.807) is 4.68 Å². The van der Waals surface area contributed by atoms with Gasteiger partial charge in [0.2, 0.25) is 5.82 Å². The molecule has 280 valence electrons. The van der Waals surface area contributed by atoms with Crippen LogP contribution in [0, 0.1) is 62.6 Å². The standard InChI is InChI=1S/C40H65N5O5/c1-23(2)25(5)35(6)16-17-37(8)26-12-13-29-36(7)19-49-21-40(29,27(26)14-15-38(37,9)30(35)34(47)48)18-28(45-33(32(41)46)43-22-44-45)31(36)50-20-39(10,42-11)24(3)4/h14,22-26,28-31,42H,12-13,15-21H2,1-11H3,(H2,41,46)(H,47,48)/t25-,26+,28-,29+,30-,31+,35-,36+,37-,38+,39+,40+/m1/s1. The van der Waals surface area contributed by atoms with Gasteiger partial charge in [0.05, 0.1) is 37.9 Å². The maximum absolute atomic E-state index is 13.5. The Kier molecular flexibility index (Phi) is 9.29. The summed E-state index contributed by atoms with van der Waals surface area (Å²) in [6.45, 7) is 24.3. The van der Waals surface area contributed by atoms with Gasteiger partial charge in [-0.2, -0.15) is 5.10 Å². The number of carboxylic acid groups (broad SMARTS) is 1. The third kappa shape index (κ3) is 5.03. The number of hydrogen-bond acceptors (Lipinski definition) is 7. The Labute approximate surface area is 300 Å². The fourth-order valence-electron chi connectivity index (χ4n) is 12.6. The average Bonchev–Trinajstić information content (AvgIpc) is 3.54. The number of nitrogens with one attached hydrogen (secondary N) is 1. The summed E-state index contributed by atoms with van der Waals surface area (Å²) in [5, 5.41) is 19.2. The van der Waals surface area contributed by atoms with Crippen LogP contribution in [0.25, 0.3) is 0 Å². The number of hydrogen-bond donors (Lipinski definition) is 3. The predicted octanol–water partition coefficient (Wildman–Crippen LogP) is 6.53. The summed E-state index contributed by atoms with van der Waals surface area (Å²) < 4.78 is 15.6. The Balaban J connectivity index is 1.47. The number of primary amides is 1. The monoisotopic (exact) mass is 695 g/mol. The van der Waals surface area contributed by atoms with E-state index in [9.17, 15) is 14.7 Å². The van der Waals surface area contributed by atoms with Gasteiger partial charge in [0.15, 0.2) is 0 Å². The second-order valence-electron chi connectivity index (χ2n) is 19.1. The summed E-state index contributed by atoms with van der Waals surface area (Å²) in [7, 11) is 1.98. The van der Waals surface area contributed by atoms with Gasteiger partial charge in [0, 0.05) is 16.4 Å². The third-order valence-corrected chi connectivity index (χ3v) is 16.6. The zero-order chi connectivity index (χ0) is 36.8. The number of fused-ring (bicyclic) bond motifs is 3. The number of likely N-dealkylation sites (N-methyl/N-ethyl adjacent to an activating group) is 1. The Morgan fingerprint density at radius 2 is 1.82 bits per heavy atom. The largest absolute Gasteiger partial charge is 0.481 e. The number of allylic oxidation sites excluding steroid dienone is 1. The molecular formula is C40H65N5O5. The first kappa shape index (κ1) is 37.5.